The number of carbonyl (C=O) groups is 2. The van der Waals surface area contributed by atoms with Crippen molar-refractivity contribution in [3.63, 3.8) is 0 Å². The summed E-state index contributed by atoms with van der Waals surface area (Å²) < 4.78 is 27.4. The predicted molar refractivity (Wildman–Crippen MR) is 99.1 cm³/mol. The Kier molecular flexibility index (Phi) is 5.61. The van der Waals surface area contributed by atoms with Crippen molar-refractivity contribution in [2.24, 2.45) is 0 Å². The van der Waals surface area contributed by atoms with Crippen molar-refractivity contribution >= 4 is 23.2 Å². The standard InChI is InChI=1S/C20H15F2NO3S/c21-14-3-1-2-12(10-14)13-4-6-17(22)16(11-13)19(24)23-9-8-15-5-7-18(27-15)20(25)26/h1-7,10-11H,8-9H2,(H,23,24)(H,25,26). The van der Waals surface area contributed by atoms with Gasteiger partial charge in [0.25, 0.3) is 5.91 Å². The molecule has 0 aliphatic carbocycles. The lowest BCUT2D eigenvalue weighted by atomic mass is 10.0. The minimum Gasteiger partial charge on any atom is -0.477 e. The first kappa shape index (κ1) is 18.7. The van der Waals surface area contributed by atoms with E-state index in [4.69, 9.17) is 5.11 Å². The maximum Gasteiger partial charge on any atom is 0.345 e. The Morgan fingerprint density at radius 2 is 1.78 bits per heavy atom. The highest BCUT2D eigenvalue weighted by Gasteiger charge is 2.14. The van der Waals surface area contributed by atoms with E-state index in [-0.39, 0.29) is 17.0 Å². The van der Waals surface area contributed by atoms with Crippen LogP contribution in [0.15, 0.2) is 54.6 Å². The molecule has 1 aromatic heterocycles. The van der Waals surface area contributed by atoms with Gasteiger partial charge in [-0.25, -0.2) is 13.6 Å². The highest BCUT2D eigenvalue weighted by molar-refractivity contribution is 7.13. The summed E-state index contributed by atoms with van der Waals surface area (Å²) >= 11 is 1.13. The first-order valence-corrected chi connectivity index (χ1v) is 8.91. The van der Waals surface area contributed by atoms with Crippen LogP contribution in [-0.4, -0.2) is 23.5 Å². The summed E-state index contributed by atoms with van der Waals surface area (Å²) in [6, 6.07) is 13.1. The SMILES string of the molecule is O=C(O)c1ccc(CCNC(=O)c2cc(-c3cccc(F)c3)ccc2F)s1. The van der Waals surface area contributed by atoms with Gasteiger partial charge in [-0.3, -0.25) is 4.79 Å². The summed E-state index contributed by atoms with van der Waals surface area (Å²) in [5.74, 6) is -2.66. The second kappa shape index (κ2) is 8.09. The normalized spacial score (nSPS) is 10.6. The molecule has 0 spiro atoms. The molecule has 138 valence electrons. The third kappa shape index (κ3) is 4.57. The summed E-state index contributed by atoms with van der Waals surface area (Å²) in [5.41, 5.74) is 0.948. The fourth-order valence-corrected chi connectivity index (χ4v) is 3.41. The van der Waals surface area contributed by atoms with Gasteiger partial charge in [-0.2, -0.15) is 0 Å². The van der Waals surface area contributed by atoms with Crippen molar-refractivity contribution in [1.82, 2.24) is 5.32 Å². The number of halogens is 2. The molecule has 1 amide bonds. The first-order valence-electron chi connectivity index (χ1n) is 8.10. The van der Waals surface area contributed by atoms with E-state index in [0.717, 1.165) is 16.2 Å². The van der Waals surface area contributed by atoms with Crippen molar-refractivity contribution in [2.75, 3.05) is 6.54 Å². The van der Waals surface area contributed by atoms with Crippen LogP contribution in [0, 0.1) is 11.6 Å². The van der Waals surface area contributed by atoms with Crippen LogP contribution in [0.25, 0.3) is 11.1 Å². The van der Waals surface area contributed by atoms with Gasteiger partial charge in [-0.05, 0) is 53.9 Å². The van der Waals surface area contributed by atoms with Crippen molar-refractivity contribution in [3.05, 3.63) is 81.5 Å². The van der Waals surface area contributed by atoms with Crippen LogP contribution in [0.1, 0.15) is 24.9 Å². The summed E-state index contributed by atoms with van der Waals surface area (Å²) in [5, 5.41) is 11.5. The van der Waals surface area contributed by atoms with Gasteiger partial charge >= 0.3 is 5.97 Å². The Hall–Kier alpha value is -3.06. The van der Waals surface area contributed by atoms with Gasteiger partial charge in [0.05, 0.1) is 5.56 Å². The van der Waals surface area contributed by atoms with Gasteiger partial charge in [-0.15, -0.1) is 11.3 Å². The highest BCUT2D eigenvalue weighted by atomic mass is 32.1. The van der Waals surface area contributed by atoms with Crippen LogP contribution in [0.2, 0.25) is 0 Å². The van der Waals surface area contributed by atoms with Gasteiger partial charge in [0.15, 0.2) is 0 Å². The quantitative estimate of drug-likeness (QED) is 0.660. The lowest BCUT2D eigenvalue weighted by molar-refractivity contribution is 0.0701. The zero-order chi connectivity index (χ0) is 19.4. The molecule has 0 atom stereocenters. The number of benzene rings is 2. The van der Waals surface area contributed by atoms with E-state index in [0.29, 0.717) is 17.5 Å². The van der Waals surface area contributed by atoms with Crippen molar-refractivity contribution in [3.8, 4) is 11.1 Å². The number of rotatable bonds is 6. The van der Waals surface area contributed by atoms with Crippen LogP contribution in [0.3, 0.4) is 0 Å². The highest BCUT2D eigenvalue weighted by Crippen LogP contribution is 2.23. The zero-order valence-corrected chi connectivity index (χ0v) is 14.9. The number of carboxylic acid groups (broad SMARTS) is 1. The number of hydrogen-bond donors (Lipinski definition) is 2. The number of amides is 1. The van der Waals surface area contributed by atoms with Crippen LogP contribution in [0.5, 0.6) is 0 Å². The van der Waals surface area contributed by atoms with Crippen LogP contribution < -0.4 is 5.32 Å². The Morgan fingerprint density at radius 1 is 1.00 bits per heavy atom. The molecule has 0 fully saturated rings. The number of hydrogen-bond acceptors (Lipinski definition) is 3. The molecular weight excluding hydrogens is 372 g/mol. The van der Waals surface area contributed by atoms with E-state index < -0.39 is 23.5 Å². The van der Waals surface area contributed by atoms with Gasteiger partial charge in [0.2, 0.25) is 0 Å². The third-order valence-electron chi connectivity index (χ3n) is 3.90. The monoisotopic (exact) mass is 387 g/mol. The summed E-state index contributed by atoms with van der Waals surface area (Å²) in [6.07, 6.45) is 0.439. The lowest BCUT2D eigenvalue weighted by Gasteiger charge is -2.08. The van der Waals surface area contributed by atoms with Gasteiger partial charge in [-0.1, -0.05) is 18.2 Å². The van der Waals surface area contributed by atoms with Gasteiger partial charge < -0.3 is 10.4 Å². The Bertz CT molecular complexity index is 1000. The Balaban J connectivity index is 1.68. The van der Waals surface area contributed by atoms with Gasteiger partial charge in [0.1, 0.15) is 16.5 Å². The average Bonchev–Trinajstić information content (AvgIpc) is 3.11. The molecule has 3 aromatic rings. The molecule has 0 bridgehead atoms. The number of aromatic carboxylic acids is 1. The summed E-state index contributed by atoms with van der Waals surface area (Å²) in [7, 11) is 0. The topological polar surface area (TPSA) is 66.4 Å². The number of carbonyl (C=O) groups excluding carboxylic acids is 1. The van der Waals surface area contributed by atoms with Crippen molar-refractivity contribution in [1.29, 1.82) is 0 Å². The molecule has 7 heteroatoms. The zero-order valence-electron chi connectivity index (χ0n) is 14.0. The molecule has 1 heterocycles. The molecular formula is C20H15F2NO3S. The molecule has 0 saturated heterocycles. The van der Waals surface area contributed by atoms with E-state index in [1.807, 2.05) is 0 Å². The van der Waals surface area contributed by atoms with E-state index >= 15 is 0 Å². The Labute approximate surface area is 158 Å². The molecule has 27 heavy (non-hydrogen) atoms. The lowest BCUT2D eigenvalue weighted by Crippen LogP contribution is -2.26. The molecule has 4 nitrogen and oxygen atoms in total. The third-order valence-corrected chi connectivity index (χ3v) is 5.03. The number of thiophene rings is 1. The molecule has 3 rings (SSSR count). The summed E-state index contributed by atoms with van der Waals surface area (Å²) in [4.78, 5) is 24.2. The van der Waals surface area contributed by atoms with E-state index in [9.17, 15) is 18.4 Å². The minimum atomic E-state index is -0.994. The average molecular weight is 387 g/mol. The second-order valence-electron chi connectivity index (χ2n) is 5.78. The van der Waals surface area contributed by atoms with Crippen LogP contribution in [0.4, 0.5) is 8.78 Å². The minimum absolute atomic E-state index is 0.130. The number of carboxylic acids is 1. The fraction of sp³-hybridized carbons (Fsp3) is 0.100. The maximum atomic E-state index is 14.1. The largest absolute Gasteiger partial charge is 0.477 e. The van der Waals surface area contributed by atoms with Crippen molar-refractivity contribution < 1.29 is 23.5 Å². The Morgan fingerprint density at radius 3 is 2.48 bits per heavy atom. The maximum absolute atomic E-state index is 14.1. The molecule has 0 aliphatic heterocycles. The van der Waals surface area contributed by atoms with E-state index in [1.165, 1.54) is 36.4 Å². The molecule has 2 N–H and O–H groups in total. The van der Waals surface area contributed by atoms with E-state index in [2.05, 4.69) is 5.32 Å². The smallest absolute Gasteiger partial charge is 0.345 e. The fourth-order valence-electron chi connectivity index (χ4n) is 2.57. The van der Waals surface area contributed by atoms with Crippen molar-refractivity contribution in [2.45, 2.75) is 6.42 Å². The van der Waals surface area contributed by atoms with E-state index in [1.54, 1.807) is 18.2 Å². The second-order valence-corrected chi connectivity index (χ2v) is 6.95. The first-order chi connectivity index (χ1) is 12.9. The molecule has 2 aromatic carbocycles. The molecule has 0 unspecified atom stereocenters. The van der Waals surface area contributed by atoms with Gasteiger partial charge in [0, 0.05) is 11.4 Å². The molecule has 0 saturated carbocycles. The summed E-state index contributed by atoms with van der Waals surface area (Å²) in [6.45, 7) is 0.238. The predicted octanol–water partition coefficient (Wildman–Crippen LogP) is 4.36. The molecule has 0 aliphatic rings. The van der Waals surface area contributed by atoms with Crippen LogP contribution in [-0.2, 0) is 6.42 Å². The number of nitrogens with one attached hydrogen (secondary N) is 1. The molecule has 0 radical (unpaired) electrons. The van der Waals surface area contributed by atoms with Crippen LogP contribution >= 0.6 is 11.3 Å².